The molecular formula is C13H15BrN2O2S. The first kappa shape index (κ1) is 14.6. The molecule has 0 radical (unpaired) electrons. The second-order valence-corrected chi connectivity index (χ2v) is 5.96. The molecule has 0 spiro atoms. The number of rotatable bonds is 6. The molecule has 0 fully saturated rings. The summed E-state index contributed by atoms with van der Waals surface area (Å²) in [6.45, 7) is 1.92. The van der Waals surface area contributed by atoms with Crippen LogP contribution in [-0.2, 0) is 12.2 Å². The molecule has 102 valence electrons. The number of halogens is 1. The Morgan fingerprint density at radius 3 is 2.95 bits per heavy atom. The Morgan fingerprint density at radius 2 is 2.21 bits per heavy atom. The summed E-state index contributed by atoms with van der Waals surface area (Å²) in [5.74, 6) is 1.80. The van der Waals surface area contributed by atoms with Crippen molar-refractivity contribution in [1.82, 2.24) is 10.1 Å². The molecule has 4 nitrogen and oxygen atoms in total. The van der Waals surface area contributed by atoms with Crippen molar-refractivity contribution in [3.05, 3.63) is 40.5 Å². The summed E-state index contributed by atoms with van der Waals surface area (Å²) in [6.07, 6.45) is 0.691. The van der Waals surface area contributed by atoms with Gasteiger partial charge in [0, 0.05) is 9.37 Å². The number of thioether (sulfide) groups is 1. The third kappa shape index (κ3) is 4.33. The quantitative estimate of drug-likeness (QED) is 0.815. The summed E-state index contributed by atoms with van der Waals surface area (Å²) in [7, 11) is 0. The van der Waals surface area contributed by atoms with Crippen molar-refractivity contribution in [3.63, 3.8) is 0 Å². The van der Waals surface area contributed by atoms with Crippen molar-refractivity contribution in [2.24, 2.45) is 0 Å². The number of aliphatic hydroxyl groups excluding tert-OH is 1. The van der Waals surface area contributed by atoms with Crippen molar-refractivity contribution in [2.75, 3.05) is 0 Å². The van der Waals surface area contributed by atoms with Gasteiger partial charge < -0.3 is 9.63 Å². The number of hydrogen-bond acceptors (Lipinski definition) is 5. The van der Waals surface area contributed by atoms with Crippen LogP contribution in [0.3, 0.4) is 0 Å². The molecule has 1 N–H and O–H groups in total. The largest absolute Gasteiger partial charge is 0.393 e. The number of aromatic nitrogens is 2. The Labute approximate surface area is 124 Å². The molecule has 19 heavy (non-hydrogen) atoms. The number of hydrogen-bond donors (Lipinski definition) is 1. The highest BCUT2D eigenvalue weighted by molar-refractivity contribution is 9.10. The van der Waals surface area contributed by atoms with E-state index in [2.05, 4.69) is 26.1 Å². The average molecular weight is 343 g/mol. The Kier molecular flexibility index (Phi) is 5.42. The van der Waals surface area contributed by atoms with Gasteiger partial charge in [-0.25, -0.2) is 0 Å². The zero-order valence-electron chi connectivity index (χ0n) is 10.5. The number of benzene rings is 1. The van der Waals surface area contributed by atoms with Gasteiger partial charge in [0.05, 0.1) is 18.3 Å². The van der Waals surface area contributed by atoms with Crippen LogP contribution in [0.15, 0.2) is 38.2 Å². The molecule has 0 saturated carbocycles. The van der Waals surface area contributed by atoms with Crippen LogP contribution in [0, 0.1) is 0 Å². The second kappa shape index (κ2) is 7.07. The normalized spacial score (nSPS) is 12.6. The first-order valence-electron chi connectivity index (χ1n) is 6.06. The van der Waals surface area contributed by atoms with Gasteiger partial charge in [-0.05, 0) is 34.5 Å². The summed E-state index contributed by atoms with van der Waals surface area (Å²) in [5, 5.41) is 13.4. The molecule has 2 rings (SSSR count). The lowest BCUT2D eigenvalue weighted by atomic mass is 10.2. The zero-order valence-corrected chi connectivity index (χ0v) is 12.9. The van der Waals surface area contributed by atoms with Crippen LogP contribution in [0.2, 0.25) is 0 Å². The third-order valence-electron chi connectivity index (χ3n) is 2.59. The molecule has 0 amide bonds. The Hall–Kier alpha value is -0.850. The lowest BCUT2D eigenvalue weighted by Gasteiger charge is -2.01. The van der Waals surface area contributed by atoms with Gasteiger partial charge in [0.15, 0.2) is 5.82 Å². The lowest BCUT2D eigenvalue weighted by Crippen LogP contribution is -2.08. The first-order chi connectivity index (χ1) is 9.19. The van der Waals surface area contributed by atoms with Gasteiger partial charge in [-0.2, -0.15) is 4.98 Å². The molecular weight excluding hydrogens is 328 g/mol. The van der Waals surface area contributed by atoms with Gasteiger partial charge in [-0.1, -0.05) is 24.2 Å². The highest BCUT2D eigenvalue weighted by atomic mass is 79.9. The predicted molar refractivity (Wildman–Crippen MR) is 78.0 cm³/mol. The van der Waals surface area contributed by atoms with E-state index in [4.69, 9.17) is 4.52 Å². The van der Waals surface area contributed by atoms with Crippen LogP contribution < -0.4 is 0 Å². The van der Waals surface area contributed by atoms with E-state index in [1.807, 2.05) is 31.2 Å². The van der Waals surface area contributed by atoms with Gasteiger partial charge >= 0.3 is 0 Å². The summed E-state index contributed by atoms with van der Waals surface area (Å²) in [5.41, 5.74) is 0. The fourth-order valence-electron chi connectivity index (χ4n) is 1.48. The van der Waals surface area contributed by atoms with Crippen LogP contribution in [0.25, 0.3) is 0 Å². The van der Waals surface area contributed by atoms with Crippen molar-refractivity contribution < 1.29 is 9.63 Å². The average Bonchev–Trinajstić information content (AvgIpc) is 2.85. The predicted octanol–water partition coefficient (Wildman–Crippen LogP) is 3.44. The molecule has 6 heteroatoms. The SMILES string of the molecule is CCC(O)Cc1nc(CSc2ccccc2Br)no1. The van der Waals surface area contributed by atoms with Crippen LogP contribution in [0.1, 0.15) is 25.1 Å². The summed E-state index contributed by atoms with van der Waals surface area (Å²) in [6, 6.07) is 8.01. The molecule has 0 aliphatic heterocycles. The van der Waals surface area contributed by atoms with Crippen LogP contribution in [0.4, 0.5) is 0 Å². The van der Waals surface area contributed by atoms with Crippen molar-refractivity contribution in [1.29, 1.82) is 0 Å². The highest BCUT2D eigenvalue weighted by Gasteiger charge is 2.11. The molecule has 1 heterocycles. The summed E-state index contributed by atoms with van der Waals surface area (Å²) >= 11 is 5.14. The highest BCUT2D eigenvalue weighted by Crippen LogP contribution is 2.28. The first-order valence-corrected chi connectivity index (χ1v) is 7.83. The van der Waals surface area contributed by atoms with E-state index < -0.39 is 6.10 Å². The fourth-order valence-corrected chi connectivity index (χ4v) is 2.89. The number of nitrogens with zero attached hydrogens (tertiary/aromatic N) is 2. The summed E-state index contributed by atoms with van der Waals surface area (Å²) < 4.78 is 6.17. The van der Waals surface area contributed by atoms with Crippen molar-refractivity contribution in [2.45, 2.75) is 36.5 Å². The topological polar surface area (TPSA) is 59.2 Å². The maximum atomic E-state index is 9.53. The van der Waals surface area contributed by atoms with Crippen LogP contribution >= 0.6 is 27.7 Å². The molecule has 0 saturated heterocycles. The maximum Gasteiger partial charge on any atom is 0.229 e. The van der Waals surface area contributed by atoms with E-state index in [0.29, 0.717) is 30.3 Å². The maximum absolute atomic E-state index is 9.53. The minimum Gasteiger partial charge on any atom is -0.393 e. The minimum atomic E-state index is -0.413. The fraction of sp³-hybridized carbons (Fsp3) is 0.385. The van der Waals surface area contributed by atoms with Crippen LogP contribution in [0.5, 0.6) is 0 Å². The molecule has 1 unspecified atom stereocenters. The van der Waals surface area contributed by atoms with Gasteiger partial charge in [0.2, 0.25) is 5.89 Å². The van der Waals surface area contributed by atoms with Gasteiger partial charge in [-0.3, -0.25) is 0 Å². The van der Waals surface area contributed by atoms with Gasteiger partial charge in [0.1, 0.15) is 0 Å². The van der Waals surface area contributed by atoms with E-state index in [9.17, 15) is 5.11 Å². The summed E-state index contributed by atoms with van der Waals surface area (Å²) in [4.78, 5) is 5.41. The van der Waals surface area contributed by atoms with E-state index >= 15 is 0 Å². The van der Waals surface area contributed by atoms with Gasteiger partial charge in [0.25, 0.3) is 0 Å². The lowest BCUT2D eigenvalue weighted by molar-refractivity contribution is 0.158. The Balaban J connectivity index is 1.92. The monoisotopic (exact) mass is 342 g/mol. The van der Waals surface area contributed by atoms with E-state index in [-0.39, 0.29) is 0 Å². The Bertz CT molecular complexity index is 533. The second-order valence-electron chi connectivity index (χ2n) is 4.09. The Morgan fingerprint density at radius 1 is 1.42 bits per heavy atom. The third-order valence-corrected chi connectivity index (χ3v) is 4.61. The molecule has 0 aliphatic rings. The van der Waals surface area contributed by atoms with Crippen LogP contribution in [-0.4, -0.2) is 21.4 Å². The standard InChI is InChI=1S/C13H15BrN2O2S/c1-2-9(17)7-13-15-12(16-18-13)8-19-11-6-4-3-5-10(11)14/h3-6,9,17H,2,7-8H2,1H3. The van der Waals surface area contributed by atoms with E-state index in [0.717, 1.165) is 9.37 Å². The van der Waals surface area contributed by atoms with Crippen molar-refractivity contribution >= 4 is 27.7 Å². The molecule has 1 aromatic heterocycles. The molecule has 1 atom stereocenters. The van der Waals surface area contributed by atoms with Crippen molar-refractivity contribution in [3.8, 4) is 0 Å². The molecule has 1 aromatic carbocycles. The zero-order chi connectivity index (χ0) is 13.7. The van der Waals surface area contributed by atoms with Gasteiger partial charge in [-0.15, -0.1) is 11.8 Å². The molecule has 2 aromatic rings. The smallest absolute Gasteiger partial charge is 0.229 e. The number of aliphatic hydroxyl groups is 1. The molecule has 0 bridgehead atoms. The van der Waals surface area contributed by atoms with E-state index in [1.165, 1.54) is 0 Å². The minimum absolute atomic E-state index is 0.413. The van der Waals surface area contributed by atoms with E-state index in [1.54, 1.807) is 11.8 Å². The molecule has 0 aliphatic carbocycles.